The highest BCUT2D eigenvalue weighted by Crippen LogP contribution is 2.25. The maximum atomic E-state index is 12.7. The maximum absolute atomic E-state index is 12.7. The highest BCUT2D eigenvalue weighted by atomic mass is 32.1. The summed E-state index contributed by atoms with van der Waals surface area (Å²) < 4.78 is 0. The zero-order valence-corrected chi connectivity index (χ0v) is 17.9. The third-order valence-corrected chi connectivity index (χ3v) is 5.56. The van der Waals surface area contributed by atoms with Gasteiger partial charge in [0.15, 0.2) is 0 Å². The van der Waals surface area contributed by atoms with Gasteiger partial charge in [-0.3, -0.25) is 9.59 Å². The molecule has 5 nitrogen and oxygen atoms in total. The van der Waals surface area contributed by atoms with Gasteiger partial charge in [-0.25, -0.2) is 4.98 Å². The lowest BCUT2D eigenvalue weighted by Gasteiger charge is -2.21. The zero-order valence-electron chi connectivity index (χ0n) is 17.1. The van der Waals surface area contributed by atoms with Crippen molar-refractivity contribution < 1.29 is 9.59 Å². The van der Waals surface area contributed by atoms with E-state index in [1.165, 1.54) is 0 Å². The van der Waals surface area contributed by atoms with Crippen LogP contribution >= 0.6 is 11.3 Å². The molecule has 146 valence electrons. The first-order chi connectivity index (χ1) is 12.6. The molecule has 2 aromatic rings. The van der Waals surface area contributed by atoms with Crippen LogP contribution in [0.25, 0.3) is 0 Å². The van der Waals surface area contributed by atoms with Gasteiger partial charge in [0.1, 0.15) is 0 Å². The minimum absolute atomic E-state index is 0.00213. The minimum atomic E-state index is -0.0249. The Morgan fingerprint density at radius 1 is 1.11 bits per heavy atom. The minimum Gasteiger partial charge on any atom is -0.345 e. The first-order valence-electron chi connectivity index (χ1n) is 9.15. The van der Waals surface area contributed by atoms with Gasteiger partial charge in [-0.15, -0.1) is 11.3 Å². The van der Waals surface area contributed by atoms with Crippen molar-refractivity contribution in [3.8, 4) is 0 Å². The first kappa shape index (κ1) is 21.1. The Labute approximate surface area is 166 Å². The molecule has 0 radical (unpaired) electrons. The molecule has 0 aliphatic heterocycles. The van der Waals surface area contributed by atoms with E-state index in [1.807, 2.05) is 41.5 Å². The molecule has 0 aliphatic rings. The quantitative estimate of drug-likeness (QED) is 0.759. The van der Waals surface area contributed by atoms with Crippen molar-refractivity contribution in [2.75, 3.05) is 20.6 Å². The van der Waals surface area contributed by atoms with E-state index in [-0.39, 0.29) is 17.2 Å². The normalized spacial score (nSPS) is 11.3. The van der Waals surface area contributed by atoms with E-state index < -0.39 is 0 Å². The average Bonchev–Trinajstić information content (AvgIpc) is 3.08. The molecule has 27 heavy (non-hydrogen) atoms. The molecule has 1 heterocycles. The Morgan fingerprint density at radius 2 is 1.74 bits per heavy atom. The largest absolute Gasteiger partial charge is 0.345 e. The molecule has 2 amide bonds. The van der Waals surface area contributed by atoms with Crippen LogP contribution in [0.15, 0.2) is 29.6 Å². The van der Waals surface area contributed by atoms with Gasteiger partial charge >= 0.3 is 0 Å². The summed E-state index contributed by atoms with van der Waals surface area (Å²) in [6.07, 6.45) is 0.317. The van der Waals surface area contributed by atoms with E-state index in [2.05, 4.69) is 25.8 Å². The molecule has 1 aromatic heterocycles. The van der Waals surface area contributed by atoms with E-state index in [0.29, 0.717) is 25.1 Å². The lowest BCUT2D eigenvalue weighted by molar-refractivity contribution is -0.130. The second kappa shape index (κ2) is 8.65. The number of thiazole rings is 1. The number of hydrogen-bond donors (Lipinski definition) is 0. The van der Waals surface area contributed by atoms with Crippen LogP contribution in [0.4, 0.5) is 0 Å². The molecule has 0 atom stereocenters. The van der Waals surface area contributed by atoms with Gasteiger partial charge in [-0.1, -0.05) is 32.9 Å². The molecule has 0 aliphatic carbocycles. The van der Waals surface area contributed by atoms with Crippen LogP contribution in [0.2, 0.25) is 0 Å². The van der Waals surface area contributed by atoms with Crippen molar-refractivity contribution in [2.45, 2.75) is 46.1 Å². The summed E-state index contributed by atoms with van der Waals surface area (Å²) in [5.74, 6) is 0.0415. The van der Waals surface area contributed by atoms with Gasteiger partial charge in [-0.05, 0) is 24.6 Å². The summed E-state index contributed by atoms with van der Waals surface area (Å²) in [5.41, 5.74) is 2.49. The van der Waals surface area contributed by atoms with Crippen LogP contribution < -0.4 is 0 Å². The second-order valence-corrected chi connectivity index (χ2v) is 8.73. The molecule has 0 spiro atoms. The van der Waals surface area contributed by atoms with Gasteiger partial charge in [0.25, 0.3) is 5.91 Å². The van der Waals surface area contributed by atoms with Crippen LogP contribution in [-0.4, -0.2) is 47.2 Å². The lowest BCUT2D eigenvalue weighted by Crippen LogP contribution is -2.31. The Balaban J connectivity index is 2.02. The van der Waals surface area contributed by atoms with Crippen molar-refractivity contribution in [1.82, 2.24) is 14.8 Å². The third kappa shape index (κ3) is 5.63. The number of amides is 2. The fourth-order valence-electron chi connectivity index (χ4n) is 2.61. The average molecular weight is 388 g/mol. The molecule has 0 bridgehead atoms. The Hall–Kier alpha value is -2.21. The van der Waals surface area contributed by atoms with E-state index in [0.717, 1.165) is 16.3 Å². The smallest absolute Gasteiger partial charge is 0.253 e. The van der Waals surface area contributed by atoms with Crippen molar-refractivity contribution in [1.29, 1.82) is 0 Å². The van der Waals surface area contributed by atoms with E-state index in [1.54, 1.807) is 30.3 Å². The number of hydrogen-bond acceptors (Lipinski definition) is 4. The second-order valence-electron chi connectivity index (χ2n) is 7.88. The molecule has 6 heteroatoms. The monoisotopic (exact) mass is 387 g/mol. The van der Waals surface area contributed by atoms with Gasteiger partial charge in [0, 0.05) is 43.5 Å². The van der Waals surface area contributed by atoms with Crippen molar-refractivity contribution in [3.05, 3.63) is 51.5 Å². The predicted octanol–water partition coefficient (Wildman–Crippen LogP) is 3.73. The lowest BCUT2D eigenvalue weighted by atomic mass is 9.98. The predicted molar refractivity (Wildman–Crippen MR) is 110 cm³/mol. The van der Waals surface area contributed by atoms with Gasteiger partial charge in [-0.2, -0.15) is 0 Å². The van der Waals surface area contributed by atoms with Gasteiger partial charge < -0.3 is 9.80 Å². The fraction of sp³-hybridized carbons (Fsp3) is 0.476. The number of carbonyl (C=O) groups is 2. The summed E-state index contributed by atoms with van der Waals surface area (Å²) in [6, 6.07) is 7.44. The molecular weight excluding hydrogens is 358 g/mol. The van der Waals surface area contributed by atoms with E-state index in [9.17, 15) is 9.59 Å². The maximum Gasteiger partial charge on any atom is 0.253 e. The molecular formula is C21H29N3O2S. The number of rotatable bonds is 6. The van der Waals surface area contributed by atoms with Crippen molar-refractivity contribution in [3.63, 3.8) is 0 Å². The molecule has 1 aromatic carbocycles. The molecule has 0 saturated carbocycles. The Bertz CT molecular complexity index is 789. The Morgan fingerprint density at radius 3 is 2.22 bits per heavy atom. The van der Waals surface area contributed by atoms with E-state index in [4.69, 9.17) is 0 Å². The molecule has 0 saturated heterocycles. The summed E-state index contributed by atoms with van der Waals surface area (Å²) in [4.78, 5) is 32.7. The zero-order chi connectivity index (χ0) is 20.2. The SMILES string of the molecule is CCN(Cc1ccc(C(=O)N(C)C)cc1)C(=O)Cc1csc(C(C)(C)C)n1. The first-order valence-corrected chi connectivity index (χ1v) is 10.0. The number of benzene rings is 1. The van der Waals surface area contributed by atoms with Crippen LogP contribution in [0, 0.1) is 0 Å². The molecule has 0 unspecified atom stereocenters. The number of carbonyl (C=O) groups excluding carboxylic acids is 2. The molecule has 0 fully saturated rings. The summed E-state index contributed by atoms with van der Waals surface area (Å²) >= 11 is 1.61. The van der Waals surface area contributed by atoms with Crippen LogP contribution in [0.5, 0.6) is 0 Å². The summed E-state index contributed by atoms with van der Waals surface area (Å²) in [5, 5.41) is 3.03. The van der Waals surface area contributed by atoms with Crippen LogP contribution in [0.3, 0.4) is 0 Å². The van der Waals surface area contributed by atoms with Crippen molar-refractivity contribution >= 4 is 23.2 Å². The number of aromatic nitrogens is 1. The third-order valence-electron chi connectivity index (χ3n) is 4.24. The van der Waals surface area contributed by atoms with Crippen LogP contribution in [0.1, 0.15) is 54.3 Å². The fourth-order valence-corrected chi connectivity index (χ4v) is 3.51. The molecule has 2 rings (SSSR count). The standard InChI is InChI=1S/C21H29N3O2S/c1-7-24(13-15-8-10-16(11-9-15)19(26)23(5)6)18(25)12-17-14-27-20(22-17)21(2,3)4/h8-11,14H,7,12-13H2,1-6H3. The van der Waals surface area contributed by atoms with Crippen molar-refractivity contribution in [2.24, 2.45) is 0 Å². The number of likely N-dealkylation sites (N-methyl/N-ethyl adjacent to an activating group) is 1. The van der Waals surface area contributed by atoms with Gasteiger partial charge in [0.05, 0.1) is 17.1 Å². The Kier molecular flexibility index (Phi) is 6.76. The highest BCUT2D eigenvalue weighted by molar-refractivity contribution is 7.09. The number of nitrogens with zero attached hydrogens (tertiary/aromatic N) is 3. The topological polar surface area (TPSA) is 53.5 Å². The highest BCUT2D eigenvalue weighted by Gasteiger charge is 2.20. The molecule has 0 N–H and O–H groups in total. The van der Waals surface area contributed by atoms with Crippen LogP contribution in [-0.2, 0) is 23.2 Å². The van der Waals surface area contributed by atoms with Gasteiger partial charge in [0.2, 0.25) is 5.91 Å². The summed E-state index contributed by atoms with van der Waals surface area (Å²) in [7, 11) is 3.47. The van der Waals surface area contributed by atoms with E-state index >= 15 is 0 Å². The summed E-state index contributed by atoms with van der Waals surface area (Å²) in [6.45, 7) is 9.51.